The fraction of sp³-hybridized carbons (Fsp3) is 0.294. The van der Waals surface area contributed by atoms with Gasteiger partial charge in [-0.2, -0.15) is 0 Å². The van der Waals surface area contributed by atoms with Crippen LogP contribution in [0.15, 0.2) is 29.2 Å². The number of halogens is 2. The van der Waals surface area contributed by atoms with Gasteiger partial charge < -0.3 is 0 Å². The summed E-state index contributed by atoms with van der Waals surface area (Å²) < 4.78 is 28.1. The van der Waals surface area contributed by atoms with Crippen molar-refractivity contribution in [2.75, 3.05) is 0 Å². The van der Waals surface area contributed by atoms with Crippen molar-refractivity contribution in [3.63, 3.8) is 0 Å². The molecule has 3 nitrogen and oxygen atoms in total. The molecule has 0 spiro atoms. The molecule has 0 saturated carbocycles. The maximum absolute atomic E-state index is 12.8. The van der Waals surface area contributed by atoms with Crippen molar-refractivity contribution >= 4 is 33.2 Å². The van der Waals surface area contributed by atoms with Crippen LogP contribution in [0.25, 0.3) is 0 Å². The minimum Gasteiger partial charge on any atom is -0.207 e. The maximum atomic E-state index is 12.8. The number of sulfonamides is 1. The SMILES string of the molecule is Cc1cc(C)c(C)c(S(=O)(=O)NCc2cccc(Cl)c2Cl)c1C. The molecule has 1 N–H and O–H groups in total. The lowest BCUT2D eigenvalue weighted by molar-refractivity contribution is 0.579. The molecule has 0 aromatic heterocycles. The van der Waals surface area contributed by atoms with E-state index in [2.05, 4.69) is 4.72 Å². The lowest BCUT2D eigenvalue weighted by Crippen LogP contribution is -2.25. The van der Waals surface area contributed by atoms with E-state index < -0.39 is 10.0 Å². The Morgan fingerprint density at radius 2 is 1.57 bits per heavy atom. The lowest BCUT2D eigenvalue weighted by atomic mass is 10.0. The molecule has 0 unspecified atom stereocenters. The summed E-state index contributed by atoms with van der Waals surface area (Å²) in [5, 5.41) is 0.771. The van der Waals surface area contributed by atoms with Crippen molar-refractivity contribution in [2.24, 2.45) is 0 Å². The van der Waals surface area contributed by atoms with Crippen LogP contribution in [0, 0.1) is 27.7 Å². The summed E-state index contributed by atoms with van der Waals surface area (Å²) in [5.41, 5.74) is 4.07. The number of rotatable bonds is 4. The normalized spacial score (nSPS) is 11.7. The van der Waals surface area contributed by atoms with Gasteiger partial charge in [0.2, 0.25) is 10.0 Å². The standard InChI is InChI=1S/C17H19Cl2NO2S/c1-10-8-11(2)13(4)17(12(10)3)23(21,22)20-9-14-6-5-7-15(18)16(14)19/h5-8,20H,9H2,1-4H3. The van der Waals surface area contributed by atoms with Gasteiger partial charge >= 0.3 is 0 Å². The smallest absolute Gasteiger partial charge is 0.207 e. The van der Waals surface area contributed by atoms with Gasteiger partial charge in [-0.3, -0.25) is 0 Å². The van der Waals surface area contributed by atoms with Crippen LogP contribution in [0.5, 0.6) is 0 Å². The van der Waals surface area contributed by atoms with E-state index in [4.69, 9.17) is 23.2 Å². The van der Waals surface area contributed by atoms with Crippen molar-refractivity contribution in [2.45, 2.75) is 39.1 Å². The minimum absolute atomic E-state index is 0.0909. The summed E-state index contributed by atoms with van der Waals surface area (Å²) in [6.07, 6.45) is 0. The van der Waals surface area contributed by atoms with Gasteiger partial charge in [-0.25, -0.2) is 13.1 Å². The summed E-state index contributed by atoms with van der Waals surface area (Å²) >= 11 is 12.1. The van der Waals surface area contributed by atoms with Crippen molar-refractivity contribution in [3.8, 4) is 0 Å². The second kappa shape index (κ2) is 6.81. The number of benzene rings is 2. The Morgan fingerprint density at radius 1 is 1.00 bits per heavy atom. The number of hydrogen-bond donors (Lipinski definition) is 1. The first-order chi connectivity index (χ1) is 10.6. The van der Waals surface area contributed by atoms with Crippen LogP contribution in [-0.4, -0.2) is 8.42 Å². The van der Waals surface area contributed by atoms with Gasteiger partial charge in [-0.15, -0.1) is 0 Å². The van der Waals surface area contributed by atoms with Gasteiger partial charge in [0, 0.05) is 6.54 Å². The molecule has 0 atom stereocenters. The zero-order valence-corrected chi connectivity index (χ0v) is 15.8. The predicted octanol–water partition coefficient (Wildman–Crippen LogP) is 4.71. The molecule has 2 rings (SSSR count). The zero-order chi connectivity index (χ0) is 17.4. The van der Waals surface area contributed by atoms with E-state index in [-0.39, 0.29) is 6.54 Å². The van der Waals surface area contributed by atoms with Gasteiger partial charge in [-0.1, -0.05) is 41.4 Å². The van der Waals surface area contributed by atoms with E-state index in [1.807, 2.05) is 33.8 Å². The van der Waals surface area contributed by atoms with Crippen molar-refractivity contribution in [1.82, 2.24) is 4.72 Å². The topological polar surface area (TPSA) is 46.2 Å². The predicted molar refractivity (Wildman–Crippen MR) is 95.9 cm³/mol. The summed E-state index contributed by atoms with van der Waals surface area (Å²) in [5.74, 6) is 0. The van der Waals surface area contributed by atoms with Crippen LogP contribution in [0.3, 0.4) is 0 Å². The summed E-state index contributed by atoms with van der Waals surface area (Å²) in [4.78, 5) is 0.341. The fourth-order valence-electron chi connectivity index (χ4n) is 2.51. The molecule has 6 heteroatoms. The highest BCUT2D eigenvalue weighted by Crippen LogP contribution is 2.28. The molecule has 0 aliphatic heterocycles. The highest BCUT2D eigenvalue weighted by atomic mass is 35.5. The van der Waals surface area contributed by atoms with Gasteiger partial charge in [0.25, 0.3) is 0 Å². The van der Waals surface area contributed by atoms with Crippen LogP contribution >= 0.6 is 23.2 Å². The zero-order valence-electron chi connectivity index (χ0n) is 13.5. The third-order valence-corrected chi connectivity index (χ3v) is 6.58. The Morgan fingerprint density at radius 3 is 2.13 bits per heavy atom. The Balaban J connectivity index is 2.39. The molecular weight excluding hydrogens is 353 g/mol. The average Bonchev–Trinajstić information content (AvgIpc) is 2.47. The van der Waals surface area contributed by atoms with Crippen LogP contribution in [0.2, 0.25) is 10.0 Å². The third kappa shape index (κ3) is 3.72. The quantitative estimate of drug-likeness (QED) is 0.845. The third-order valence-electron chi connectivity index (χ3n) is 4.05. The van der Waals surface area contributed by atoms with Crippen molar-refractivity contribution in [3.05, 3.63) is 62.1 Å². The van der Waals surface area contributed by atoms with Gasteiger partial charge in [0.15, 0.2) is 0 Å². The molecule has 0 amide bonds. The Kier molecular flexibility index (Phi) is 5.41. The van der Waals surface area contributed by atoms with Crippen molar-refractivity contribution in [1.29, 1.82) is 0 Å². The lowest BCUT2D eigenvalue weighted by Gasteiger charge is -2.16. The molecule has 0 aliphatic rings. The van der Waals surface area contributed by atoms with Crippen molar-refractivity contribution < 1.29 is 8.42 Å². The highest BCUT2D eigenvalue weighted by Gasteiger charge is 2.22. The average molecular weight is 372 g/mol. The molecule has 2 aromatic rings. The van der Waals surface area contributed by atoms with Crippen LogP contribution in [0.1, 0.15) is 27.8 Å². The first-order valence-corrected chi connectivity index (χ1v) is 9.39. The molecule has 124 valence electrons. The van der Waals surface area contributed by atoms with E-state index in [0.29, 0.717) is 20.5 Å². The van der Waals surface area contributed by atoms with E-state index in [9.17, 15) is 8.42 Å². The molecular formula is C17H19Cl2NO2S. The summed E-state index contributed by atoms with van der Waals surface area (Å²) in [6, 6.07) is 7.15. The monoisotopic (exact) mass is 371 g/mol. The van der Waals surface area contributed by atoms with E-state index in [0.717, 1.165) is 22.3 Å². The number of nitrogens with one attached hydrogen (secondary N) is 1. The van der Waals surface area contributed by atoms with Crippen LogP contribution in [-0.2, 0) is 16.6 Å². The largest absolute Gasteiger partial charge is 0.241 e. The van der Waals surface area contributed by atoms with E-state index in [1.54, 1.807) is 18.2 Å². The van der Waals surface area contributed by atoms with Gasteiger partial charge in [0.1, 0.15) is 0 Å². The molecule has 23 heavy (non-hydrogen) atoms. The molecule has 2 aromatic carbocycles. The maximum Gasteiger partial charge on any atom is 0.241 e. The Labute approximate surface area is 147 Å². The minimum atomic E-state index is -3.65. The molecule has 0 aliphatic carbocycles. The number of aryl methyl sites for hydroxylation is 2. The molecule has 0 bridgehead atoms. The first-order valence-electron chi connectivity index (χ1n) is 7.15. The summed E-state index contributed by atoms with van der Waals surface area (Å²) in [6.45, 7) is 7.56. The Hall–Kier alpha value is -1.07. The number of hydrogen-bond acceptors (Lipinski definition) is 2. The van der Waals surface area contributed by atoms with Gasteiger partial charge in [0.05, 0.1) is 14.9 Å². The molecule has 0 fully saturated rings. The molecule has 0 saturated heterocycles. The molecule has 0 heterocycles. The molecule has 0 radical (unpaired) electrons. The van der Waals surface area contributed by atoms with Gasteiger partial charge in [-0.05, 0) is 61.6 Å². The second-order valence-corrected chi connectivity index (χ2v) is 8.12. The second-order valence-electron chi connectivity index (χ2n) is 5.63. The summed E-state index contributed by atoms with van der Waals surface area (Å²) in [7, 11) is -3.65. The van der Waals surface area contributed by atoms with E-state index >= 15 is 0 Å². The van der Waals surface area contributed by atoms with E-state index in [1.165, 1.54) is 0 Å². The van der Waals surface area contributed by atoms with Crippen LogP contribution < -0.4 is 4.72 Å². The first kappa shape index (κ1) is 18.3. The Bertz CT molecular complexity index is 835. The highest BCUT2D eigenvalue weighted by molar-refractivity contribution is 7.89. The van der Waals surface area contributed by atoms with Crippen LogP contribution in [0.4, 0.5) is 0 Å². The fourth-order valence-corrected chi connectivity index (χ4v) is 4.52.